The van der Waals surface area contributed by atoms with Crippen LogP contribution in [-0.4, -0.2) is 50.5 Å². The van der Waals surface area contributed by atoms with Crippen LogP contribution in [0.1, 0.15) is 0 Å². The first-order chi connectivity index (χ1) is 10.3. The van der Waals surface area contributed by atoms with Crippen molar-refractivity contribution < 1.29 is 17.9 Å². The van der Waals surface area contributed by atoms with E-state index < -0.39 is 12.5 Å². The molecule has 1 saturated heterocycles. The molecule has 22 heavy (non-hydrogen) atoms. The molecule has 0 bridgehead atoms. The van der Waals surface area contributed by atoms with Gasteiger partial charge in [0.2, 0.25) is 5.28 Å². The van der Waals surface area contributed by atoms with Crippen LogP contribution in [0.4, 0.5) is 19.0 Å². The van der Waals surface area contributed by atoms with E-state index in [4.69, 9.17) is 11.6 Å². The topological polar surface area (TPSA) is 69.0 Å². The lowest BCUT2D eigenvalue weighted by Crippen LogP contribution is -2.54. The Morgan fingerprint density at radius 1 is 1.27 bits per heavy atom. The molecule has 2 aromatic heterocycles. The van der Waals surface area contributed by atoms with Crippen molar-refractivity contribution in [2.24, 2.45) is 7.05 Å². The maximum absolute atomic E-state index is 12.1. The van der Waals surface area contributed by atoms with Gasteiger partial charge in [-0.3, -0.25) is 4.74 Å². The number of hydrogen-bond acceptors (Lipinski definition) is 6. The van der Waals surface area contributed by atoms with Crippen molar-refractivity contribution >= 4 is 17.4 Å². The van der Waals surface area contributed by atoms with E-state index in [2.05, 4.69) is 24.9 Å². The monoisotopic (exact) mass is 334 g/mol. The van der Waals surface area contributed by atoms with Crippen molar-refractivity contribution in [2.45, 2.75) is 12.5 Å². The first kappa shape index (κ1) is 15.0. The zero-order valence-corrected chi connectivity index (χ0v) is 12.0. The van der Waals surface area contributed by atoms with E-state index in [9.17, 15) is 13.2 Å². The smallest absolute Gasteiger partial charge is 0.351 e. The van der Waals surface area contributed by atoms with Gasteiger partial charge < -0.3 is 4.90 Å². The molecule has 0 amide bonds. The first-order valence-corrected chi connectivity index (χ1v) is 6.59. The third kappa shape index (κ3) is 3.28. The molecule has 0 saturated carbocycles. The van der Waals surface area contributed by atoms with Crippen LogP contribution in [-0.2, 0) is 11.8 Å². The van der Waals surface area contributed by atoms with E-state index >= 15 is 0 Å². The van der Waals surface area contributed by atoms with Crippen molar-refractivity contribution in [1.82, 2.24) is 25.0 Å². The van der Waals surface area contributed by atoms with Gasteiger partial charge in [0.1, 0.15) is 17.6 Å². The third-order valence-electron chi connectivity index (χ3n) is 3.02. The molecule has 1 aliphatic rings. The number of rotatable bonds is 3. The molecule has 1 fully saturated rings. The second kappa shape index (κ2) is 5.36. The fourth-order valence-electron chi connectivity index (χ4n) is 2.05. The number of aromatic nitrogens is 5. The zero-order valence-electron chi connectivity index (χ0n) is 11.2. The van der Waals surface area contributed by atoms with Crippen LogP contribution in [0, 0.1) is 0 Å². The van der Waals surface area contributed by atoms with E-state index in [-0.39, 0.29) is 18.4 Å². The minimum atomic E-state index is -4.63. The maximum Gasteiger partial charge on any atom is 0.522 e. The fraction of sp³-hybridized carbons (Fsp3) is 0.455. The second-order valence-corrected chi connectivity index (χ2v) is 5.03. The fourth-order valence-corrected chi connectivity index (χ4v) is 2.23. The molecule has 0 unspecified atom stereocenters. The van der Waals surface area contributed by atoms with Gasteiger partial charge in [0.15, 0.2) is 0 Å². The first-order valence-electron chi connectivity index (χ1n) is 6.21. The SMILES string of the molecule is Cn1ncc(-c2cc(N3CC(OC(F)(F)F)C3)nc(Cl)n2)n1. The lowest BCUT2D eigenvalue weighted by atomic mass is 10.1. The summed E-state index contributed by atoms with van der Waals surface area (Å²) in [4.78, 5) is 11.0. The average Bonchev–Trinajstić information content (AvgIpc) is 2.78. The summed E-state index contributed by atoms with van der Waals surface area (Å²) in [7, 11) is 1.65. The molecule has 7 nitrogen and oxygen atoms in total. The lowest BCUT2D eigenvalue weighted by Gasteiger charge is -2.39. The van der Waals surface area contributed by atoms with Crippen LogP contribution in [0.15, 0.2) is 12.3 Å². The van der Waals surface area contributed by atoms with Crippen LogP contribution < -0.4 is 4.90 Å². The van der Waals surface area contributed by atoms with Gasteiger partial charge in [0.25, 0.3) is 0 Å². The van der Waals surface area contributed by atoms with Crippen LogP contribution in [0.25, 0.3) is 11.4 Å². The number of aryl methyl sites for hydroxylation is 1. The predicted octanol–water partition coefficient (Wildman–Crippen LogP) is 1.65. The van der Waals surface area contributed by atoms with E-state index in [0.717, 1.165) is 0 Å². The average molecular weight is 335 g/mol. The highest BCUT2D eigenvalue weighted by atomic mass is 35.5. The van der Waals surface area contributed by atoms with E-state index in [1.807, 2.05) is 0 Å². The summed E-state index contributed by atoms with van der Waals surface area (Å²) < 4.78 is 40.2. The zero-order chi connectivity index (χ0) is 15.9. The molecular formula is C11H10ClF3N6O. The van der Waals surface area contributed by atoms with Crippen molar-refractivity contribution in [2.75, 3.05) is 18.0 Å². The van der Waals surface area contributed by atoms with Gasteiger partial charge in [-0.15, -0.1) is 13.2 Å². The van der Waals surface area contributed by atoms with E-state index in [0.29, 0.717) is 17.2 Å². The number of nitrogens with zero attached hydrogens (tertiary/aromatic N) is 6. The molecule has 0 N–H and O–H groups in total. The Labute approximate surface area is 127 Å². The van der Waals surface area contributed by atoms with E-state index in [1.165, 1.54) is 11.0 Å². The van der Waals surface area contributed by atoms with E-state index in [1.54, 1.807) is 18.0 Å². The standard InChI is InChI=1S/C11H10ClF3N6O/c1-20-16-3-8(19-20)7-2-9(18-10(12)17-7)21-4-6(5-21)22-11(13,14)15/h2-3,6H,4-5H2,1H3. The van der Waals surface area contributed by atoms with Crippen molar-refractivity contribution in [3.05, 3.63) is 17.5 Å². The number of alkyl halides is 3. The molecule has 3 heterocycles. The third-order valence-corrected chi connectivity index (χ3v) is 3.19. The second-order valence-electron chi connectivity index (χ2n) is 4.69. The van der Waals surface area contributed by atoms with Gasteiger partial charge in [-0.25, -0.2) is 9.97 Å². The maximum atomic E-state index is 12.1. The predicted molar refractivity (Wildman–Crippen MR) is 70.2 cm³/mol. The summed E-state index contributed by atoms with van der Waals surface area (Å²) in [5.74, 6) is 0.419. The van der Waals surface area contributed by atoms with Gasteiger partial charge in [-0.05, 0) is 11.6 Å². The quantitative estimate of drug-likeness (QED) is 0.795. The molecule has 11 heteroatoms. The van der Waals surface area contributed by atoms with Crippen LogP contribution >= 0.6 is 11.6 Å². The van der Waals surface area contributed by atoms with Crippen molar-refractivity contribution in [1.29, 1.82) is 0 Å². The van der Waals surface area contributed by atoms with Crippen LogP contribution in [0.5, 0.6) is 0 Å². The van der Waals surface area contributed by atoms with Gasteiger partial charge in [0.05, 0.1) is 11.9 Å². The molecule has 0 aliphatic carbocycles. The molecule has 118 valence electrons. The summed E-state index contributed by atoms with van der Waals surface area (Å²) in [6, 6.07) is 1.60. The number of anilines is 1. The number of ether oxygens (including phenoxy) is 1. The highest BCUT2D eigenvalue weighted by molar-refractivity contribution is 6.28. The summed E-state index contributed by atoms with van der Waals surface area (Å²) in [6.45, 7) is 0.152. The lowest BCUT2D eigenvalue weighted by molar-refractivity contribution is -0.344. The Bertz CT molecular complexity index is 685. The number of halogens is 4. The number of hydrogen-bond donors (Lipinski definition) is 0. The van der Waals surface area contributed by atoms with Crippen molar-refractivity contribution in [3.8, 4) is 11.4 Å². The van der Waals surface area contributed by atoms with Crippen LogP contribution in [0.2, 0.25) is 5.28 Å². The highest BCUT2D eigenvalue weighted by Gasteiger charge is 2.39. The minimum Gasteiger partial charge on any atom is -0.351 e. The molecule has 0 radical (unpaired) electrons. The molecule has 1 aliphatic heterocycles. The molecule has 0 spiro atoms. The molecule has 0 aromatic carbocycles. The van der Waals surface area contributed by atoms with Gasteiger partial charge in [0, 0.05) is 26.2 Å². The summed E-state index contributed by atoms with van der Waals surface area (Å²) in [5.41, 5.74) is 0.944. The Morgan fingerprint density at radius 3 is 2.59 bits per heavy atom. The molecule has 2 aromatic rings. The molecular weight excluding hydrogens is 325 g/mol. The summed E-state index contributed by atoms with van der Waals surface area (Å²) >= 11 is 5.86. The Hall–Kier alpha value is -1.94. The van der Waals surface area contributed by atoms with Gasteiger partial charge in [-0.2, -0.15) is 15.0 Å². The van der Waals surface area contributed by atoms with Crippen molar-refractivity contribution in [3.63, 3.8) is 0 Å². The minimum absolute atomic E-state index is 0.0154. The van der Waals surface area contributed by atoms with Gasteiger partial charge in [-0.1, -0.05) is 0 Å². The van der Waals surface area contributed by atoms with Crippen LogP contribution in [0.3, 0.4) is 0 Å². The summed E-state index contributed by atoms with van der Waals surface area (Å²) in [5, 5.41) is 8.01. The highest BCUT2D eigenvalue weighted by Crippen LogP contribution is 2.29. The molecule has 3 rings (SSSR count). The Morgan fingerprint density at radius 2 is 2.00 bits per heavy atom. The summed E-state index contributed by atoms with van der Waals surface area (Å²) in [6.07, 6.45) is -4.03. The van der Waals surface area contributed by atoms with Gasteiger partial charge >= 0.3 is 6.36 Å². The molecule has 0 atom stereocenters. The Balaban J connectivity index is 1.75. The Kier molecular flexibility index (Phi) is 3.65. The normalized spacial score (nSPS) is 16.0. The largest absolute Gasteiger partial charge is 0.522 e.